The van der Waals surface area contributed by atoms with Crippen LogP contribution in [0.5, 0.6) is 0 Å². The predicted molar refractivity (Wildman–Crippen MR) is 124 cm³/mol. The second-order valence-corrected chi connectivity index (χ2v) is 8.80. The number of carbonyl (C=O) groups is 3. The maximum atomic E-state index is 10.7. The van der Waals surface area contributed by atoms with Gasteiger partial charge in [-0.05, 0) is 13.8 Å². The zero-order valence-electron chi connectivity index (χ0n) is 20.5. The molecule has 0 amide bonds. The Kier molecular flexibility index (Phi) is 31.3. The Bertz CT molecular complexity index is 422. The third-order valence-corrected chi connectivity index (χ3v) is 5.00. The van der Waals surface area contributed by atoms with Gasteiger partial charge in [0.05, 0.1) is 24.1 Å². The number of hydrogen-bond donors (Lipinski definition) is 2. The fraction of sp³-hybridized carbons (Fsp3) is 0.875. The monoisotopic (exact) mass is 472 g/mol. The van der Waals surface area contributed by atoms with Crippen LogP contribution >= 0.6 is 0 Å². The van der Waals surface area contributed by atoms with Gasteiger partial charge >= 0.3 is 96.4 Å². The Balaban J connectivity index is -0.000000571. The van der Waals surface area contributed by atoms with Crippen LogP contribution in [0.2, 0.25) is 0 Å². The van der Waals surface area contributed by atoms with Crippen molar-refractivity contribution in [2.45, 2.75) is 136 Å². The van der Waals surface area contributed by atoms with E-state index in [1.54, 1.807) is 0 Å². The standard InChI is InChI=1S/C18H35O.2C3H6O3.Al/c1-2-3-4-5-6-7-8-9-10-11-12-13-14-15-16-17-18-19;2*1-2(4)3(5)6;/h2-17H2,1H3;2*2,4H,1H3,(H,5,6);/q;;;+2/p-2. The van der Waals surface area contributed by atoms with Crippen molar-refractivity contribution < 1.29 is 34.8 Å². The molecule has 0 spiro atoms. The average Bonchev–Trinajstić information content (AvgIpc) is 2.71. The van der Waals surface area contributed by atoms with Crippen molar-refractivity contribution in [3.05, 3.63) is 0 Å². The van der Waals surface area contributed by atoms with E-state index in [9.17, 15) is 24.6 Å². The third kappa shape index (κ3) is 39.5. The average molecular weight is 473 g/mol. The van der Waals surface area contributed by atoms with E-state index in [-0.39, 0.29) is 4.65 Å². The quantitative estimate of drug-likeness (QED) is 0.230. The molecule has 0 aliphatic heterocycles. The topological polar surface area (TPSA) is 138 Å². The number of aliphatic carboxylic acids is 2. The number of carbonyl (C=O) groups excluding carboxylic acids is 3. The van der Waals surface area contributed by atoms with Gasteiger partial charge in [0, 0.05) is 0 Å². The van der Waals surface area contributed by atoms with E-state index in [0.717, 1.165) is 26.7 Å². The molecule has 0 aromatic carbocycles. The minimum atomic E-state index is -1.44. The number of carboxylic acids is 2. The molecule has 0 saturated carbocycles. The molecule has 0 rings (SSSR count). The molecule has 0 heterocycles. The molecule has 0 aliphatic carbocycles. The van der Waals surface area contributed by atoms with Gasteiger partial charge in [-0.25, -0.2) is 0 Å². The summed E-state index contributed by atoms with van der Waals surface area (Å²) in [6.45, 7) is 4.55. The van der Waals surface area contributed by atoms with Crippen molar-refractivity contribution in [3.8, 4) is 0 Å². The van der Waals surface area contributed by atoms with Crippen LogP contribution < -0.4 is 10.2 Å². The number of aliphatic hydroxyl groups is 2. The Morgan fingerprint density at radius 1 is 0.625 bits per heavy atom. The molecule has 32 heavy (non-hydrogen) atoms. The van der Waals surface area contributed by atoms with E-state index >= 15 is 0 Å². The summed E-state index contributed by atoms with van der Waals surface area (Å²) >= 11 is 2.27. The van der Waals surface area contributed by atoms with Crippen molar-refractivity contribution in [2.24, 2.45) is 0 Å². The summed E-state index contributed by atoms with van der Waals surface area (Å²) < 4.78 is 0.264. The van der Waals surface area contributed by atoms with Crippen molar-refractivity contribution in [1.82, 2.24) is 0 Å². The Morgan fingerprint density at radius 3 is 1.03 bits per heavy atom. The first kappa shape index (κ1) is 35.6. The van der Waals surface area contributed by atoms with Crippen LogP contribution in [0.15, 0.2) is 0 Å². The minimum absolute atomic E-state index is 0.264. The summed E-state index contributed by atoms with van der Waals surface area (Å²) in [4.78, 5) is 29.4. The zero-order chi connectivity index (χ0) is 25.2. The van der Waals surface area contributed by atoms with Gasteiger partial charge < -0.3 is 30.0 Å². The van der Waals surface area contributed by atoms with Gasteiger partial charge in [0.2, 0.25) is 0 Å². The summed E-state index contributed by atoms with van der Waals surface area (Å²) in [6, 6.07) is 0. The van der Waals surface area contributed by atoms with Gasteiger partial charge in [-0.15, -0.1) is 0 Å². The second kappa shape index (κ2) is 28.1. The number of unbranched alkanes of at least 4 members (excludes halogenated alkanes) is 14. The molecular weight excluding hydrogens is 427 g/mol. The Morgan fingerprint density at radius 2 is 0.844 bits per heavy atom. The Hall–Kier alpha value is -0.938. The van der Waals surface area contributed by atoms with E-state index in [4.69, 9.17) is 10.2 Å². The maximum absolute atomic E-state index is 10.7. The fourth-order valence-corrected chi connectivity index (χ4v) is 2.87. The molecule has 8 heteroatoms. The van der Waals surface area contributed by atoms with Crippen LogP contribution in [0.1, 0.15) is 124 Å². The number of hydrogen-bond acceptors (Lipinski definition) is 7. The number of rotatable bonds is 18. The van der Waals surface area contributed by atoms with Crippen molar-refractivity contribution in [3.63, 3.8) is 0 Å². The van der Waals surface area contributed by atoms with Gasteiger partial charge in [-0.1, -0.05) is 39.0 Å². The number of carboxylic acid groups (broad SMARTS) is 2. The summed E-state index contributed by atoms with van der Waals surface area (Å²) in [5, 5.41) is 34.6. The first-order chi connectivity index (χ1) is 15.1. The molecule has 0 radical (unpaired) electrons. The summed E-state index contributed by atoms with van der Waals surface area (Å²) in [6.07, 6.45) is 18.8. The molecule has 0 aliphatic rings. The van der Waals surface area contributed by atoms with Gasteiger partial charge in [0.1, 0.15) is 0 Å². The molecule has 0 aromatic heterocycles. The second-order valence-electron chi connectivity index (χ2n) is 8.16. The first-order valence-electron chi connectivity index (χ1n) is 12.1. The molecule has 186 valence electrons. The van der Waals surface area contributed by atoms with Crippen LogP contribution in [0.25, 0.3) is 0 Å². The Labute approximate surface area is 203 Å². The number of aliphatic hydroxyl groups excluding tert-OH is 2. The van der Waals surface area contributed by atoms with E-state index < -0.39 is 24.1 Å². The van der Waals surface area contributed by atoms with Gasteiger partial charge in [0.15, 0.2) is 0 Å². The molecular formula is C24H45AlO7. The molecule has 2 N–H and O–H groups in total. The fourth-order valence-electron chi connectivity index (χ4n) is 2.67. The molecule has 0 fully saturated rings. The third-order valence-electron chi connectivity index (χ3n) is 4.71. The predicted octanol–water partition coefficient (Wildman–Crippen LogP) is 2.18. The van der Waals surface area contributed by atoms with E-state index in [1.807, 2.05) is 0 Å². The van der Waals surface area contributed by atoms with Gasteiger partial charge in [-0.3, -0.25) is 0 Å². The van der Waals surface area contributed by atoms with Gasteiger partial charge in [-0.2, -0.15) is 0 Å². The van der Waals surface area contributed by atoms with Crippen LogP contribution in [-0.2, 0) is 14.4 Å². The zero-order valence-corrected chi connectivity index (χ0v) is 21.6. The SMILES string of the molecule is CC(O)C(=O)[O-].CC(O)C(=O)[O-].CCCCCCCCCCCCCCCCC[C](=O)[Al+2]. The summed E-state index contributed by atoms with van der Waals surface area (Å²) in [5.41, 5.74) is 0. The van der Waals surface area contributed by atoms with Gasteiger partial charge in [0.25, 0.3) is 0 Å². The van der Waals surface area contributed by atoms with Crippen LogP contribution in [-0.4, -0.2) is 55.3 Å². The molecule has 0 saturated heterocycles. The molecule has 2 atom stereocenters. The summed E-state index contributed by atoms with van der Waals surface area (Å²) in [7, 11) is 0. The van der Waals surface area contributed by atoms with Crippen LogP contribution in [0, 0.1) is 0 Å². The molecule has 2 unspecified atom stereocenters. The van der Waals surface area contributed by atoms with Crippen molar-refractivity contribution in [1.29, 1.82) is 0 Å². The molecule has 7 nitrogen and oxygen atoms in total. The van der Waals surface area contributed by atoms with E-state index in [1.165, 1.54) is 89.9 Å². The van der Waals surface area contributed by atoms with E-state index in [2.05, 4.69) is 23.2 Å². The van der Waals surface area contributed by atoms with Crippen LogP contribution in [0.4, 0.5) is 0 Å². The summed E-state index contributed by atoms with van der Waals surface area (Å²) in [5.74, 6) is -2.87. The van der Waals surface area contributed by atoms with Crippen molar-refractivity contribution >= 4 is 32.9 Å². The first-order valence-corrected chi connectivity index (χ1v) is 12.7. The molecule has 0 aromatic rings. The van der Waals surface area contributed by atoms with E-state index in [0.29, 0.717) is 0 Å². The van der Waals surface area contributed by atoms with Crippen LogP contribution in [0.3, 0.4) is 0 Å². The normalized spacial score (nSPS) is 12.0. The van der Waals surface area contributed by atoms with Crippen molar-refractivity contribution in [2.75, 3.05) is 0 Å². The molecule has 0 bridgehead atoms.